The number of para-hydroxylation sites is 1. The normalized spacial score (nSPS) is 11.0. The van der Waals surface area contributed by atoms with E-state index in [2.05, 4.69) is 4.57 Å². The van der Waals surface area contributed by atoms with Gasteiger partial charge in [-0.15, -0.1) is 0 Å². The van der Waals surface area contributed by atoms with Gasteiger partial charge in [0.1, 0.15) is 5.82 Å². The Kier molecular flexibility index (Phi) is 3.92. The monoisotopic (exact) mass is 297 g/mol. The van der Waals surface area contributed by atoms with Gasteiger partial charge in [0, 0.05) is 30.1 Å². The predicted molar refractivity (Wildman–Crippen MR) is 83.4 cm³/mol. The maximum atomic E-state index is 13.0. The highest BCUT2D eigenvalue weighted by molar-refractivity contribution is 5.84. The molecule has 22 heavy (non-hydrogen) atoms. The van der Waals surface area contributed by atoms with Crippen LogP contribution in [0.5, 0.6) is 0 Å². The second-order valence-corrected chi connectivity index (χ2v) is 5.32. The predicted octanol–water partition coefficient (Wildman–Crippen LogP) is 3.85. The molecule has 3 rings (SSSR count). The van der Waals surface area contributed by atoms with Gasteiger partial charge in [0.15, 0.2) is 0 Å². The van der Waals surface area contributed by atoms with Crippen molar-refractivity contribution < 1.29 is 14.3 Å². The van der Waals surface area contributed by atoms with E-state index in [1.165, 1.54) is 12.1 Å². The Labute approximate surface area is 127 Å². The number of carbonyl (C=O) groups is 1. The molecule has 1 aromatic heterocycles. The summed E-state index contributed by atoms with van der Waals surface area (Å²) in [5.41, 5.74) is 3.10. The number of fused-ring (bicyclic) bond motifs is 1. The summed E-state index contributed by atoms with van der Waals surface area (Å²) < 4.78 is 15.1. The maximum Gasteiger partial charge on any atom is 0.303 e. The first-order valence-corrected chi connectivity index (χ1v) is 7.16. The molecule has 0 aliphatic carbocycles. The molecule has 0 saturated heterocycles. The van der Waals surface area contributed by atoms with Crippen molar-refractivity contribution in [3.8, 4) is 0 Å². The van der Waals surface area contributed by atoms with Crippen LogP contribution in [-0.2, 0) is 17.8 Å². The molecule has 3 nitrogen and oxygen atoms in total. The summed E-state index contributed by atoms with van der Waals surface area (Å²) in [5.74, 6) is -1.04. The highest BCUT2D eigenvalue weighted by Gasteiger charge is 2.10. The SMILES string of the molecule is O=C(O)CCc1cn(Cc2ccc(F)cc2)c2ccccc12. The summed E-state index contributed by atoms with van der Waals surface area (Å²) in [6.07, 6.45) is 2.62. The molecule has 0 bridgehead atoms. The molecule has 1 heterocycles. The third kappa shape index (κ3) is 3.01. The number of aryl methyl sites for hydroxylation is 1. The zero-order valence-corrected chi connectivity index (χ0v) is 12.0. The summed E-state index contributed by atoms with van der Waals surface area (Å²) in [4.78, 5) is 10.8. The van der Waals surface area contributed by atoms with Crippen LogP contribution in [-0.4, -0.2) is 15.6 Å². The molecule has 2 aromatic carbocycles. The van der Waals surface area contributed by atoms with Crippen molar-refractivity contribution in [2.75, 3.05) is 0 Å². The highest BCUT2D eigenvalue weighted by Crippen LogP contribution is 2.23. The van der Waals surface area contributed by atoms with E-state index in [-0.39, 0.29) is 12.2 Å². The van der Waals surface area contributed by atoms with Crippen molar-refractivity contribution in [1.82, 2.24) is 4.57 Å². The lowest BCUT2D eigenvalue weighted by Crippen LogP contribution is -1.98. The van der Waals surface area contributed by atoms with Gasteiger partial charge in [-0.2, -0.15) is 0 Å². The molecule has 4 heteroatoms. The zero-order chi connectivity index (χ0) is 15.5. The van der Waals surface area contributed by atoms with Crippen molar-refractivity contribution in [3.63, 3.8) is 0 Å². The fourth-order valence-electron chi connectivity index (χ4n) is 2.68. The van der Waals surface area contributed by atoms with E-state index in [9.17, 15) is 9.18 Å². The molecular weight excluding hydrogens is 281 g/mol. The van der Waals surface area contributed by atoms with Crippen molar-refractivity contribution in [2.24, 2.45) is 0 Å². The van der Waals surface area contributed by atoms with Gasteiger partial charge >= 0.3 is 5.97 Å². The van der Waals surface area contributed by atoms with Gasteiger partial charge in [-0.05, 0) is 35.7 Å². The van der Waals surface area contributed by atoms with E-state index in [4.69, 9.17) is 5.11 Å². The van der Waals surface area contributed by atoms with Crippen molar-refractivity contribution in [3.05, 3.63) is 71.7 Å². The van der Waals surface area contributed by atoms with E-state index < -0.39 is 5.97 Å². The minimum absolute atomic E-state index is 0.116. The van der Waals surface area contributed by atoms with Gasteiger partial charge in [0.2, 0.25) is 0 Å². The lowest BCUT2D eigenvalue weighted by molar-refractivity contribution is -0.136. The molecule has 0 atom stereocenters. The maximum absolute atomic E-state index is 13.0. The lowest BCUT2D eigenvalue weighted by atomic mass is 10.1. The lowest BCUT2D eigenvalue weighted by Gasteiger charge is -2.05. The summed E-state index contributed by atoms with van der Waals surface area (Å²) >= 11 is 0. The topological polar surface area (TPSA) is 42.2 Å². The Balaban J connectivity index is 1.95. The number of hydrogen-bond donors (Lipinski definition) is 1. The highest BCUT2D eigenvalue weighted by atomic mass is 19.1. The molecule has 0 fully saturated rings. The molecule has 0 aliphatic heterocycles. The largest absolute Gasteiger partial charge is 0.481 e. The third-order valence-electron chi connectivity index (χ3n) is 3.75. The average molecular weight is 297 g/mol. The molecule has 0 spiro atoms. The standard InChI is InChI=1S/C18H16FNO2/c19-15-8-5-13(6-9-15)11-20-12-14(7-10-18(21)22)16-3-1-2-4-17(16)20/h1-6,8-9,12H,7,10-11H2,(H,21,22). The van der Waals surface area contributed by atoms with E-state index in [1.807, 2.05) is 30.5 Å². The fourth-order valence-corrected chi connectivity index (χ4v) is 2.68. The molecule has 0 aliphatic rings. The summed E-state index contributed by atoms with van der Waals surface area (Å²) in [7, 11) is 0. The van der Waals surface area contributed by atoms with Gasteiger partial charge in [-0.1, -0.05) is 30.3 Å². The van der Waals surface area contributed by atoms with Crippen LogP contribution in [0.1, 0.15) is 17.5 Å². The van der Waals surface area contributed by atoms with Crippen LogP contribution >= 0.6 is 0 Å². The Hall–Kier alpha value is -2.62. The third-order valence-corrected chi connectivity index (χ3v) is 3.75. The van der Waals surface area contributed by atoms with Crippen molar-refractivity contribution in [2.45, 2.75) is 19.4 Å². The van der Waals surface area contributed by atoms with Crippen LogP contribution in [0.15, 0.2) is 54.7 Å². The van der Waals surface area contributed by atoms with Gasteiger partial charge in [0.05, 0.1) is 0 Å². The molecule has 0 radical (unpaired) electrons. The molecule has 0 amide bonds. The zero-order valence-electron chi connectivity index (χ0n) is 12.0. The van der Waals surface area contributed by atoms with E-state index >= 15 is 0 Å². The van der Waals surface area contributed by atoms with E-state index in [1.54, 1.807) is 12.1 Å². The Morgan fingerprint density at radius 2 is 1.82 bits per heavy atom. The first kappa shape index (κ1) is 14.3. The second kappa shape index (κ2) is 6.02. The van der Waals surface area contributed by atoms with Gasteiger partial charge in [0.25, 0.3) is 0 Å². The van der Waals surface area contributed by atoms with E-state index in [0.29, 0.717) is 13.0 Å². The molecular formula is C18H16FNO2. The van der Waals surface area contributed by atoms with Gasteiger partial charge in [-0.25, -0.2) is 4.39 Å². The van der Waals surface area contributed by atoms with Crippen LogP contribution in [0.2, 0.25) is 0 Å². The Morgan fingerprint density at radius 1 is 1.09 bits per heavy atom. The number of aromatic nitrogens is 1. The number of hydrogen-bond acceptors (Lipinski definition) is 1. The first-order chi connectivity index (χ1) is 10.6. The van der Waals surface area contributed by atoms with Crippen molar-refractivity contribution in [1.29, 1.82) is 0 Å². The number of aliphatic carboxylic acids is 1. The summed E-state index contributed by atoms with van der Waals surface area (Å²) in [6.45, 7) is 0.633. The van der Waals surface area contributed by atoms with E-state index in [0.717, 1.165) is 22.0 Å². The number of nitrogens with zero attached hydrogens (tertiary/aromatic N) is 1. The van der Waals surface area contributed by atoms with Crippen LogP contribution in [0.4, 0.5) is 4.39 Å². The smallest absolute Gasteiger partial charge is 0.303 e. The fraction of sp³-hybridized carbons (Fsp3) is 0.167. The average Bonchev–Trinajstić information content (AvgIpc) is 2.86. The number of carboxylic acids is 1. The van der Waals surface area contributed by atoms with Crippen molar-refractivity contribution >= 4 is 16.9 Å². The number of carboxylic acid groups (broad SMARTS) is 1. The molecule has 0 saturated carbocycles. The summed E-state index contributed by atoms with van der Waals surface area (Å²) in [6, 6.07) is 14.4. The molecule has 112 valence electrons. The Bertz CT molecular complexity index is 806. The number of benzene rings is 2. The minimum Gasteiger partial charge on any atom is -0.481 e. The minimum atomic E-state index is -0.796. The number of rotatable bonds is 5. The van der Waals surface area contributed by atoms with Gasteiger partial charge < -0.3 is 9.67 Å². The first-order valence-electron chi connectivity index (χ1n) is 7.16. The number of halogens is 1. The molecule has 3 aromatic rings. The quantitative estimate of drug-likeness (QED) is 0.777. The van der Waals surface area contributed by atoms with Crippen LogP contribution in [0.25, 0.3) is 10.9 Å². The molecule has 1 N–H and O–H groups in total. The van der Waals surface area contributed by atoms with Gasteiger partial charge in [-0.3, -0.25) is 4.79 Å². The van der Waals surface area contributed by atoms with Crippen LogP contribution in [0.3, 0.4) is 0 Å². The second-order valence-electron chi connectivity index (χ2n) is 5.32. The van der Waals surface area contributed by atoms with Crippen LogP contribution in [0, 0.1) is 5.82 Å². The van der Waals surface area contributed by atoms with Crippen LogP contribution < -0.4 is 0 Å². The Morgan fingerprint density at radius 3 is 2.55 bits per heavy atom. The summed E-state index contributed by atoms with van der Waals surface area (Å²) in [5, 5.41) is 9.95. The molecule has 0 unspecified atom stereocenters.